The third kappa shape index (κ3) is 6.54. The number of rotatable bonds is 12. The van der Waals surface area contributed by atoms with E-state index >= 15 is 0 Å². The van der Waals surface area contributed by atoms with Gasteiger partial charge in [-0.3, -0.25) is 4.79 Å². The summed E-state index contributed by atoms with van der Waals surface area (Å²) in [6.07, 6.45) is 3.10. The SMILES string of the molecule is CC(C)c1ccccc1OCCCCn1c(C(C)NC(=O)CCc2ccccc2)nc2ccccc21. The third-order valence-corrected chi connectivity index (χ3v) is 6.51. The van der Waals surface area contributed by atoms with Crippen LogP contribution in [-0.4, -0.2) is 22.1 Å². The summed E-state index contributed by atoms with van der Waals surface area (Å²) in [6, 6.07) is 26.4. The van der Waals surface area contributed by atoms with Crippen molar-refractivity contribution in [1.29, 1.82) is 0 Å². The number of benzene rings is 3. The number of amides is 1. The Bertz CT molecular complexity index is 1260. The molecule has 0 saturated heterocycles. The number of aryl methyl sites for hydroxylation is 2. The van der Waals surface area contributed by atoms with Gasteiger partial charge in [-0.25, -0.2) is 4.98 Å². The zero-order valence-corrected chi connectivity index (χ0v) is 21.6. The van der Waals surface area contributed by atoms with E-state index in [9.17, 15) is 4.79 Å². The zero-order chi connectivity index (χ0) is 25.3. The monoisotopic (exact) mass is 483 g/mol. The molecular weight excluding hydrogens is 446 g/mol. The van der Waals surface area contributed by atoms with Crippen LogP contribution < -0.4 is 10.1 Å². The topological polar surface area (TPSA) is 56.1 Å². The average molecular weight is 484 g/mol. The first-order valence-corrected chi connectivity index (χ1v) is 13.0. The lowest BCUT2D eigenvalue weighted by atomic mass is 10.0. The van der Waals surface area contributed by atoms with Crippen LogP contribution in [0.3, 0.4) is 0 Å². The predicted octanol–water partition coefficient (Wildman–Crippen LogP) is 6.83. The van der Waals surface area contributed by atoms with Gasteiger partial charge in [0.1, 0.15) is 11.6 Å². The number of hydrogen-bond acceptors (Lipinski definition) is 3. The van der Waals surface area contributed by atoms with Gasteiger partial charge in [0.25, 0.3) is 0 Å². The van der Waals surface area contributed by atoms with Crippen LogP contribution in [0.15, 0.2) is 78.9 Å². The molecule has 36 heavy (non-hydrogen) atoms. The highest BCUT2D eigenvalue weighted by Crippen LogP contribution is 2.26. The summed E-state index contributed by atoms with van der Waals surface area (Å²) in [5.74, 6) is 2.36. The number of carbonyl (C=O) groups is 1. The van der Waals surface area contributed by atoms with E-state index in [1.54, 1.807) is 0 Å². The van der Waals surface area contributed by atoms with Crippen molar-refractivity contribution in [2.75, 3.05) is 6.61 Å². The molecule has 0 saturated carbocycles. The standard InChI is InChI=1S/C31H37N3O2/c1-23(2)26-15-7-10-18-29(26)36-22-12-11-21-34-28-17-9-8-16-27(28)33-31(34)24(3)32-30(35)20-19-25-13-5-4-6-14-25/h4-10,13-18,23-24H,11-12,19-22H2,1-3H3,(H,32,35). The van der Waals surface area contributed by atoms with Crippen LogP contribution in [0.4, 0.5) is 0 Å². The van der Waals surface area contributed by atoms with E-state index in [0.717, 1.165) is 48.4 Å². The maximum Gasteiger partial charge on any atom is 0.220 e. The smallest absolute Gasteiger partial charge is 0.220 e. The Morgan fingerprint density at radius 1 is 0.917 bits per heavy atom. The van der Waals surface area contributed by atoms with Crippen LogP contribution in [0.2, 0.25) is 0 Å². The van der Waals surface area contributed by atoms with Crippen LogP contribution in [-0.2, 0) is 17.8 Å². The molecule has 5 nitrogen and oxygen atoms in total. The molecule has 0 aliphatic carbocycles. The summed E-state index contributed by atoms with van der Waals surface area (Å²) in [5, 5.41) is 3.16. The number of unbranched alkanes of at least 4 members (excludes halogenated alkanes) is 1. The molecule has 5 heteroatoms. The molecule has 1 aromatic heterocycles. The number of carbonyl (C=O) groups excluding carboxylic acids is 1. The van der Waals surface area contributed by atoms with Crippen molar-refractivity contribution < 1.29 is 9.53 Å². The van der Waals surface area contributed by atoms with Crippen LogP contribution in [0.1, 0.15) is 68.9 Å². The molecule has 4 rings (SSSR count). The fourth-order valence-corrected chi connectivity index (χ4v) is 4.58. The molecule has 1 heterocycles. The second-order valence-electron chi connectivity index (χ2n) is 9.63. The summed E-state index contributed by atoms with van der Waals surface area (Å²) >= 11 is 0. The van der Waals surface area contributed by atoms with E-state index in [1.165, 1.54) is 11.1 Å². The van der Waals surface area contributed by atoms with Gasteiger partial charge in [-0.15, -0.1) is 0 Å². The largest absolute Gasteiger partial charge is 0.493 e. The first kappa shape index (κ1) is 25.5. The second kappa shape index (κ2) is 12.4. The normalized spacial score (nSPS) is 12.1. The van der Waals surface area contributed by atoms with Crippen molar-refractivity contribution in [3.8, 4) is 5.75 Å². The average Bonchev–Trinajstić information content (AvgIpc) is 3.27. The zero-order valence-electron chi connectivity index (χ0n) is 21.6. The molecule has 188 valence electrons. The van der Waals surface area contributed by atoms with Crippen molar-refractivity contribution in [1.82, 2.24) is 14.9 Å². The van der Waals surface area contributed by atoms with E-state index in [1.807, 2.05) is 49.4 Å². The Labute approximate surface area is 214 Å². The van der Waals surface area contributed by atoms with E-state index in [0.29, 0.717) is 18.9 Å². The highest BCUT2D eigenvalue weighted by molar-refractivity contribution is 5.78. The first-order valence-electron chi connectivity index (χ1n) is 13.0. The van der Waals surface area contributed by atoms with Crippen LogP contribution in [0, 0.1) is 0 Å². The fraction of sp³-hybridized carbons (Fsp3) is 0.355. The Balaban J connectivity index is 1.36. The summed E-state index contributed by atoms with van der Waals surface area (Å²) in [5.41, 5.74) is 4.48. The Morgan fingerprint density at radius 3 is 2.44 bits per heavy atom. The van der Waals surface area contributed by atoms with Crippen LogP contribution >= 0.6 is 0 Å². The van der Waals surface area contributed by atoms with E-state index in [2.05, 4.69) is 60.1 Å². The molecule has 4 aromatic rings. The van der Waals surface area contributed by atoms with Crippen molar-refractivity contribution in [3.05, 3.63) is 95.8 Å². The van der Waals surface area contributed by atoms with E-state index < -0.39 is 0 Å². The summed E-state index contributed by atoms with van der Waals surface area (Å²) in [7, 11) is 0. The molecule has 0 aliphatic rings. The number of imidazole rings is 1. The van der Waals surface area contributed by atoms with Gasteiger partial charge >= 0.3 is 0 Å². The van der Waals surface area contributed by atoms with Crippen molar-refractivity contribution in [2.45, 2.75) is 65.0 Å². The van der Waals surface area contributed by atoms with Crippen molar-refractivity contribution in [3.63, 3.8) is 0 Å². The van der Waals surface area contributed by atoms with E-state index in [4.69, 9.17) is 9.72 Å². The molecule has 0 radical (unpaired) electrons. The molecule has 1 unspecified atom stereocenters. The van der Waals surface area contributed by atoms with Crippen molar-refractivity contribution >= 4 is 16.9 Å². The van der Waals surface area contributed by atoms with Gasteiger partial charge in [-0.05, 0) is 61.4 Å². The van der Waals surface area contributed by atoms with Crippen LogP contribution in [0.5, 0.6) is 5.75 Å². The fourth-order valence-electron chi connectivity index (χ4n) is 4.58. The number of nitrogens with one attached hydrogen (secondary N) is 1. The highest BCUT2D eigenvalue weighted by Gasteiger charge is 2.18. The molecule has 0 spiro atoms. The van der Waals surface area contributed by atoms with Gasteiger partial charge in [0, 0.05) is 13.0 Å². The number of aromatic nitrogens is 2. The first-order chi connectivity index (χ1) is 17.5. The van der Waals surface area contributed by atoms with Gasteiger partial charge in [-0.2, -0.15) is 0 Å². The lowest BCUT2D eigenvalue weighted by molar-refractivity contribution is -0.121. The van der Waals surface area contributed by atoms with Crippen molar-refractivity contribution in [2.24, 2.45) is 0 Å². The number of ether oxygens (including phenoxy) is 1. The Kier molecular flexibility index (Phi) is 8.77. The van der Waals surface area contributed by atoms with Gasteiger partial charge in [0.15, 0.2) is 0 Å². The quantitative estimate of drug-likeness (QED) is 0.225. The maximum absolute atomic E-state index is 12.7. The molecule has 0 fully saturated rings. The van der Waals surface area contributed by atoms with Gasteiger partial charge in [-0.1, -0.05) is 74.5 Å². The molecule has 3 aromatic carbocycles. The maximum atomic E-state index is 12.7. The number of hydrogen-bond donors (Lipinski definition) is 1. The molecule has 1 amide bonds. The minimum atomic E-state index is -0.171. The minimum absolute atomic E-state index is 0.0437. The van der Waals surface area contributed by atoms with Crippen LogP contribution in [0.25, 0.3) is 11.0 Å². The predicted molar refractivity (Wildman–Crippen MR) is 146 cm³/mol. The highest BCUT2D eigenvalue weighted by atomic mass is 16.5. The number of para-hydroxylation sites is 3. The summed E-state index contributed by atoms with van der Waals surface area (Å²) in [4.78, 5) is 17.5. The number of nitrogens with zero attached hydrogens (tertiary/aromatic N) is 2. The molecule has 0 aliphatic heterocycles. The van der Waals surface area contributed by atoms with Gasteiger partial charge < -0.3 is 14.6 Å². The van der Waals surface area contributed by atoms with Gasteiger partial charge in [0.05, 0.1) is 23.7 Å². The minimum Gasteiger partial charge on any atom is -0.493 e. The third-order valence-electron chi connectivity index (χ3n) is 6.51. The number of fused-ring (bicyclic) bond motifs is 1. The molecule has 1 atom stereocenters. The Hall–Kier alpha value is -3.60. The summed E-state index contributed by atoms with van der Waals surface area (Å²) < 4.78 is 8.37. The molecular formula is C31H37N3O2. The summed E-state index contributed by atoms with van der Waals surface area (Å²) in [6.45, 7) is 7.90. The lowest BCUT2D eigenvalue weighted by Gasteiger charge is -2.17. The molecule has 1 N–H and O–H groups in total. The van der Waals surface area contributed by atoms with Gasteiger partial charge in [0.2, 0.25) is 5.91 Å². The lowest BCUT2D eigenvalue weighted by Crippen LogP contribution is -2.29. The Morgan fingerprint density at radius 2 is 1.64 bits per heavy atom. The van der Waals surface area contributed by atoms with E-state index in [-0.39, 0.29) is 11.9 Å². The second-order valence-corrected chi connectivity index (χ2v) is 9.63. The molecule has 0 bridgehead atoms.